The Morgan fingerprint density at radius 2 is 1.62 bits per heavy atom. The van der Waals surface area contributed by atoms with Crippen molar-refractivity contribution in [3.63, 3.8) is 0 Å². The first-order valence-electron chi connectivity index (χ1n) is 7.48. The van der Waals surface area contributed by atoms with Gasteiger partial charge < -0.3 is 5.11 Å². The molecule has 0 bridgehead atoms. The molecule has 1 N–H and O–H groups in total. The second-order valence-corrected chi connectivity index (χ2v) is 7.11. The van der Waals surface area contributed by atoms with E-state index >= 15 is 0 Å². The number of hydrogen-bond acceptors (Lipinski definition) is 1. The van der Waals surface area contributed by atoms with Crippen molar-refractivity contribution in [1.29, 1.82) is 0 Å². The van der Waals surface area contributed by atoms with Gasteiger partial charge in [-0.15, -0.1) is 0 Å². The number of hydrogen-bond donors (Lipinski definition) is 1. The van der Waals surface area contributed by atoms with Gasteiger partial charge in [0.1, 0.15) is 0 Å². The van der Waals surface area contributed by atoms with Crippen molar-refractivity contribution in [2.45, 2.75) is 64.1 Å². The first-order valence-corrected chi connectivity index (χ1v) is 7.48. The summed E-state index contributed by atoms with van der Waals surface area (Å²) in [5.41, 5.74) is -0.413. The molecule has 2 rings (SSSR count). The molecule has 1 aromatic carbocycles. The minimum atomic E-state index is -4.30. The maximum atomic E-state index is 12.5. The molecule has 0 saturated heterocycles. The van der Waals surface area contributed by atoms with Crippen LogP contribution in [-0.4, -0.2) is 10.7 Å². The molecule has 0 spiro atoms. The van der Waals surface area contributed by atoms with Crippen LogP contribution in [-0.2, 0) is 12.6 Å². The quantitative estimate of drug-likeness (QED) is 0.765. The zero-order valence-electron chi connectivity index (χ0n) is 12.6. The Labute approximate surface area is 124 Å². The SMILES string of the molecule is CC1(C)CCCC(O)(Cc2ccc(C(F)(F)F)cc2)CC1. The molecule has 1 unspecified atom stereocenters. The first-order chi connectivity index (χ1) is 9.60. The Bertz CT molecular complexity index is 476. The highest BCUT2D eigenvalue weighted by atomic mass is 19.4. The third-order valence-electron chi connectivity index (χ3n) is 4.58. The second-order valence-electron chi connectivity index (χ2n) is 7.11. The molecule has 118 valence electrons. The zero-order valence-corrected chi connectivity index (χ0v) is 12.6. The smallest absolute Gasteiger partial charge is 0.390 e. The number of halogens is 3. The highest BCUT2D eigenvalue weighted by Gasteiger charge is 2.34. The van der Waals surface area contributed by atoms with Crippen molar-refractivity contribution in [3.8, 4) is 0 Å². The number of rotatable bonds is 2. The molecule has 0 radical (unpaired) electrons. The van der Waals surface area contributed by atoms with Gasteiger partial charge in [0.05, 0.1) is 11.2 Å². The van der Waals surface area contributed by atoms with Gasteiger partial charge in [-0.05, 0) is 48.8 Å². The fourth-order valence-corrected chi connectivity index (χ4v) is 3.09. The van der Waals surface area contributed by atoms with Gasteiger partial charge in [0.2, 0.25) is 0 Å². The topological polar surface area (TPSA) is 20.2 Å². The Balaban J connectivity index is 2.07. The van der Waals surface area contributed by atoms with E-state index in [0.29, 0.717) is 12.8 Å². The van der Waals surface area contributed by atoms with E-state index in [-0.39, 0.29) is 5.41 Å². The fourth-order valence-electron chi connectivity index (χ4n) is 3.09. The standard InChI is InChI=1S/C17H23F3O/c1-15(2)8-3-9-16(21,11-10-15)12-13-4-6-14(7-5-13)17(18,19)20/h4-7,21H,3,8-12H2,1-2H3. The van der Waals surface area contributed by atoms with Crippen LogP contribution in [0, 0.1) is 5.41 Å². The zero-order chi connectivity index (χ0) is 15.7. The van der Waals surface area contributed by atoms with Gasteiger partial charge >= 0.3 is 6.18 Å². The predicted octanol–water partition coefficient (Wildman–Crippen LogP) is 4.97. The maximum Gasteiger partial charge on any atom is 0.416 e. The maximum absolute atomic E-state index is 12.5. The van der Waals surface area contributed by atoms with Crippen molar-refractivity contribution in [3.05, 3.63) is 35.4 Å². The molecule has 0 amide bonds. The lowest BCUT2D eigenvalue weighted by molar-refractivity contribution is -0.137. The van der Waals surface area contributed by atoms with E-state index in [2.05, 4.69) is 13.8 Å². The van der Waals surface area contributed by atoms with E-state index in [0.717, 1.165) is 43.4 Å². The van der Waals surface area contributed by atoms with E-state index in [4.69, 9.17) is 0 Å². The molecule has 1 saturated carbocycles. The summed E-state index contributed by atoms with van der Waals surface area (Å²) in [5, 5.41) is 10.7. The van der Waals surface area contributed by atoms with E-state index in [1.807, 2.05) is 0 Å². The van der Waals surface area contributed by atoms with E-state index in [9.17, 15) is 18.3 Å². The van der Waals surface area contributed by atoms with E-state index in [1.165, 1.54) is 12.1 Å². The molecular formula is C17H23F3O. The molecule has 4 heteroatoms. The summed E-state index contributed by atoms with van der Waals surface area (Å²) < 4.78 is 37.6. The lowest BCUT2D eigenvalue weighted by Gasteiger charge is -2.28. The van der Waals surface area contributed by atoms with Crippen molar-refractivity contribution >= 4 is 0 Å². The van der Waals surface area contributed by atoms with Crippen LogP contribution in [0.5, 0.6) is 0 Å². The average molecular weight is 300 g/mol. The minimum Gasteiger partial charge on any atom is -0.390 e. The predicted molar refractivity (Wildman–Crippen MR) is 77.0 cm³/mol. The van der Waals surface area contributed by atoms with Crippen LogP contribution >= 0.6 is 0 Å². The van der Waals surface area contributed by atoms with Gasteiger partial charge in [0.15, 0.2) is 0 Å². The Hall–Kier alpha value is -1.03. The van der Waals surface area contributed by atoms with Gasteiger partial charge in [-0.25, -0.2) is 0 Å². The summed E-state index contributed by atoms with van der Waals surface area (Å²) in [6.07, 6.45) is 0.554. The largest absolute Gasteiger partial charge is 0.416 e. The molecular weight excluding hydrogens is 277 g/mol. The molecule has 21 heavy (non-hydrogen) atoms. The monoisotopic (exact) mass is 300 g/mol. The van der Waals surface area contributed by atoms with Crippen molar-refractivity contribution in [2.24, 2.45) is 5.41 Å². The van der Waals surface area contributed by atoms with Crippen LogP contribution in [0.15, 0.2) is 24.3 Å². The molecule has 1 fully saturated rings. The molecule has 1 aromatic rings. The highest BCUT2D eigenvalue weighted by Crippen LogP contribution is 2.39. The van der Waals surface area contributed by atoms with Crippen molar-refractivity contribution in [2.75, 3.05) is 0 Å². The van der Waals surface area contributed by atoms with E-state index in [1.54, 1.807) is 0 Å². The molecule has 1 atom stereocenters. The van der Waals surface area contributed by atoms with Crippen LogP contribution in [0.1, 0.15) is 57.1 Å². The lowest BCUT2D eigenvalue weighted by Crippen LogP contribution is -2.31. The Kier molecular flexibility index (Phi) is 4.39. The normalized spacial score (nSPS) is 26.4. The summed E-state index contributed by atoms with van der Waals surface area (Å²) >= 11 is 0. The lowest BCUT2D eigenvalue weighted by atomic mass is 9.83. The summed E-state index contributed by atoms with van der Waals surface area (Å²) in [7, 11) is 0. The van der Waals surface area contributed by atoms with Crippen molar-refractivity contribution < 1.29 is 18.3 Å². The van der Waals surface area contributed by atoms with E-state index < -0.39 is 17.3 Å². The highest BCUT2D eigenvalue weighted by molar-refractivity contribution is 5.25. The number of benzene rings is 1. The van der Waals surface area contributed by atoms with Crippen LogP contribution < -0.4 is 0 Å². The van der Waals surface area contributed by atoms with Gasteiger partial charge in [-0.3, -0.25) is 0 Å². The minimum absolute atomic E-state index is 0.241. The molecule has 0 aliphatic heterocycles. The van der Waals surface area contributed by atoms with Gasteiger partial charge in [0, 0.05) is 6.42 Å². The molecule has 1 aliphatic rings. The van der Waals surface area contributed by atoms with Crippen LogP contribution in [0.3, 0.4) is 0 Å². The van der Waals surface area contributed by atoms with Gasteiger partial charge in [-0.1, -0.05) is 32.4 Å². The second kappa shape index (κ2) is 5.64. The number of aliphatic hydroxyl groups is 1. The first kappa shape index (κ1) is 16.3. The average Bonchev–Trinajstić information content (AvgIpc) is 2.48. The summed E-state index contributed by atoms with van der Waals surface area (Å²) in [6, 6.07) is 5.16. The van der Waals surface area contributed by atoms with Gasteiger partial charge in [0.25, 0.3) is 0 Å². The third kappa shape index (κ3) is 4.47. The summed E-state index contributed by atoms with van der Waals surface area (Å²) in [6.45, 7) is 4.41. The summed E-state index contributed by atoms with van der Waals surface area (Å²) in [4.78, 5) is 0. The molecule has 1 aliphatic carbocycles. The molecule has 0 heterocycles. The third-order valence-corrected chi connectivity index (χ3v) is 4.58. The molecule has 1 nitrogen and oxygen atoms in total. The molecule has 0 aromatic heterocycles. The van der Waals surface area contributed by atoms with Crippen molar-refractivity contribution in [1.82, 2.24) is 0 Å². The number of alkyl halides is 3. The van der Waals surface area contributed by atoms with Crippen LogP contribution in [0.25, 0.3) is 0 Å². The summed E-state index contributed by atoms with van der Waals surface area (Å²) in [5.74, 6) is 0. The van der Waals surface area contributed by atoms with Gasteiger partial charge in [-0.2, -0.15) is 13.2 Å². The van der Waals surface area contributed by atoms with Crippen LogP contribution in [0.2, 0.25) is 0 Å². The fraction of sp³-hybridized carbons (Fsp3) is 0.647. The Morgan fingerprint density at radius 1 is 1.00 bits per heavy atom. The van der Waals surface area contributed by atoms with Crippen LogP contribution in [0.4, 0.5) is 13.2 Å². The Morgan fingerprint density at radius 3 is 2.19 bits per heavy atom.